The molecule has 1 amide bonds. The maximum absolute atomic E-state index is 13.5. The molecule has 200 valence electrons. The number of aromatic nitrogens is 6. The summed E-state index contributed by atoms with van der Waals surface area (Å²) in [5, 5.41) is 9.88. The Hall–Kier alpha value is -4.81. The van der Waals surface area contributed by atoms with Crippen LogP contribution in [0, 0.1) is 0 Å². The van der Waals surface area contributed by atoms with Crippen LogP contribution in [0.1, 0.15) is 26.8 Å². The third-order valence-corrected chi connectivity index (χ3v) is 6.49. The minimum absolute atomic E-state index is 0.130. The van der Waals surface area contributed by atoms with Crippen LogP contribution >= 0.6 is 0 Å². The second-order valence-electron chi connectivity index (χ2n) is 9.33. The van der Waals surface area contributed by atoms with Crippen LogP contribution in [0.4, 0.5) is 14.5 Å². The number of alkyl halides is 2. The number of benzene rings is 2. The molecule has 39 heavy (non-hydrogen) atoms. The number of hydrogen-bond donors (Lipinski definition) is 1. The van der Waals surface area contributed by atoms with Crippen molar-refractivity contribution in [3.63, 3.8) is 0 Å². The van der Waals surface area contributed by atoms with E-state index in [1.165, 1.54) is 29.4 Å². The number of nitrogens with one attached hydrogen (secondary N) is 1. The van der Waals surface area contributed by atoms with E-state index < -0.39 is 24.3 Å². The van der Waals surface area contributed by atoms with Gasteiger partial charge in [-0.05, 0) is 45.0 Å². The number of likely N-dealkylation sites (N-methyl/N-ethyl adjacent to an activating group) is 1. The molecule has 0 spiro atoms. The van der Waals surface area contributed by atoms with Crippen LogP contribution < -0.4 is 19.9 Å². The number of ether oxygens (including phenoxy) is 2. The number of amides is 1. The van der Waals surface area contributed by atoms with Crippen molar-refractivity contribution in [3.8, 4) is 22.8 Å². The minimum atomic E-state index is -3.77. The number of fused-ring (bicyclic) bond motifs is 3. The van der Waals surface area contributed by atoms with Crippen molar-refractivity contribution in [1.29, 1.82) is 0 Å². The summed E-state index contributed by atoms with van der Waals surface area (Å²) in [5.41, 5.74) is 2.47. The van der Waals surface area contributed by atoms with Crippen molar-refractivity contribution in [1.82, 2.24) is 29.5 Å². The zero-order valence-electron chi connectivity index (χ0n) is 21.2. The fourth-order valence-electron chi connectivity index (χ4n) is 4.72. The molecule has 0 bridgehead atoms. The van der Waals surface area contributed by atoms with Crippen molar-refractivity contribution in [2.45, 2.75) is 39.7 Å². The molecule has 1 aliphatic heterocycles. The summed E-state index contributed by atoms with van der Waals surface area (Å²) in [5.74, 6) is -0.794. The SMILES string of the molecule is CCN(C(=O)Cn1nc(-c2ccc3c(cnn3C(C)C)c2)c2[nH]cnc2c1=O)c1ccc2c(c1)OC(F)(F)O2. The number of hydrogen-bond acceptors (Lipinski definition) is 7. The first-order chi connectivity index (χ1) is 18.6. The van der Waals surface area contributed by atoms with Crippen LogP contribution in [0.2, 0.25) is 0 Å². The molecule has 0 aliphatic carbocycles. The molecule has 4 heterocycles. The van der Waals surface area contributed by atoms with Gasteiger partial charge in [-0.15, -0.1) is 8.78 Å². The molecule has 0 saturated carbocycles. The zero-order chi connectivity index (χ0) is 27.5. The number of imidazole rings is 1. The lowest BCUT2D eigenvalue weighted by molar-refractivity contribution is -0.286. The molecule has 0 atom stereocenters. The predicted octanol–water partition coefficient (Wildman–Crippen LogP) is 4.09. The second kappa shape index (κ2) is 8.89. The van der Waals surface area contributed by atoms with Gasteiger partial charge in [-0.2, -0.15) is 10.2 Å². The molecular formula is C26H23F2N7O4. The van der Waals surface area contributed by atoms with E-state index in [0.29, 0.717) is 22.5 Å². The molecule has 0 radical (unpaired) electrons. The molecule has 5 aromatic rings. The van der Waals surface area contributed by atoms with Gasteiger partial charge in [0.25, 0.3) is 5.56 Å². The Bertz CT molecular complexity index is 1810. The Morgan fingerprint density at radius 1 is 1.15 bits per heavy atom. The van der Waals surface area contributed by atoms with Gasteiger partial charge in [-0.1, -0.05) is 6.07 Å². The average molecular weight is 536 g/mol. The fourth-order valence-corrected chi connectivity index (χ4v) is 4.72. The highest BCUT2D eigenvalue weighted by atomic mass is 19.3. The molecule has 6 rings (SSSR count). The Balaban J connectivity index is 1.36. The number of H-pyrrole nitrogens is 1. The van der Waals surface area contributed by atoms with Crippen molar-refractivity contribution in [2.24, 2.45) is 0 Å². The summed E-state index contributed by atoms with van der Waals surface area (Å²) in [6.45, 7) is 5.61. The van der Waals surface area contributed by atoms with E-state index in [1.807, 2.05) is 36.7 Å². The van der Waals surface area contributed by atoms with E-state index in [-0.39, 0.29) is 29.6 Å². The van der Waals surface area contributed by atoms with Crippen LogP contribution in [0.5, 0.6) is 11.5 Å². The third-order valence-electron chi connectivity index (χ3n) is 6.49. The molecule has 13 heteroatoms. The van der Waals surface area contributed by atoms with Gasteiger partial charge in [0.05, 0.1) is 23.6 Å². The molecule has 11 nitrogen and oxygen atoms in total. The Morgan fingerprint density at radius 3 is 2.72 bits per heavy atom. The highest BCUT2D eigenvalue weighted by molar-refractivity contribution is 5.95. The van der Waals surface area contributed by atoms with E-state index in [4.69, 9.17) is 0 Å². The van der Waals surface area contributed by atoms with E-state index in [1.54, 1.807) is 13.1 Å². The highest BCUT2D eigenvalue weighted by Crippen LogP contribution is 2.42. The summed E-state index contributed by atoms with van der Waals surface area (Å²) in [7, 11) is 0. The average Bonchev–Trinajstić information content (AvgIpc) is 3.61. The Labute approximate surface area is 219 Å². The minimum Gasteiger partial charge on any atom is -0.395 e. The first-order valence-corrected chi connectivity index (χ1v) is 12.3. The van der Waals surface area contributed by atoms with Gasteiger partial charge in [-0.3, -0.25) is 14.3 Å². The topological polar surface area (TPSA) is 120 Å². The number of carbonyl (C=O) groups excluding carboxylic acids is 1. The van der Waals surface area contributed by atoms with Gasteiger partial charge in [0.2, 0.25) is 5.91 Å². The van der Waals surface area contributed by atoms with E-state index in [2.05, 4.69) is 29.6 Å². The molecule has 0 fully saturated rings. The van der Waals surface area contributed by atoms with Gasteiger partial charge >= 0.3 is 6.29 Å². The summed E-state index contributed by atoms with van der Waals surface area (Å²) in [6.07, 6.45) is -0.604. The number of carbonyl (C=O) groups is 1. The summed E-state index contributed by atoms with van der Waals surface area (Å²) in [6, 6.07) is 9.98. The van der Waals surface area contributed by atoms with Crippen LogP contribution in [-0.4, -0.2) is 48.3 Å². The zero-order valence-corrected chi connectivity index (χ0v) is 21.2. The van der Waals surface area contributed by atoms with E-state index in [0.717, 1.165) is 15.6 Å². The van der Waals surface area contributed by atoms with Gasteiger partial charge < -0.3 is 19.4 Å². The van der Waals surface area contributed by atoms with Crippen LogP contribution in [0.15, 0.2) is 53.7 Å². The predicted molar refractivity (Wildman–Crippen MR) is 138 cm³/mol. The third kappa shape index (κ3) is 4.15. The molecule has 0 unspecified atom stereocenters. The van der Waals surface area contributed by atoms with Gasteiger partial charge in [0.1, 0.15) is 12.2 Å². The van der Waals surface area contributed by atoms with E-state index in [9.17, 15) is 18.4 Å². The Kier molecular flexibility index (Phi) is 5.59. The molecular weight excluding hydrogens is 512 g/mol. The van der Waals surface area contributed by atoms with Crippen LogP contribution in [-0.2, 0) is 11.3 Å². The molecule has 1 aliphatic rings. The fraction of sp³-hybridized carbons (Fsp3) is 0.269. The van der Waals surface area contributed by atoms with E-state index >= 15 is 0 Å². The van der Waals surface area contributed by atoms with Crippen molar-refractivity contribution in [2.75, 3.05) is 11.4 Å². The largest absolute Gasteiger partial charge is 0.586 e. The first kappa shape index (κ1) is 24.5. The number of aromatic amines is 1. The smallest absolute Gasteiger partial charge is 0.395 e. The van der Waals surface area contributed by atoms with Crippen molar-refractivity contribution < 1.29 is 23.0 Å². The monoisotopic (exact) mass is 535 g/mol. The van der Waals surface area contributed by atoms with Crippen molar-refractivity contribution >= 4 is 33.5 Å². The standard InChI is InChI=1S/C26H23F2N7O4/c1-4-33(17-6-8-19-20(10-17)39-26(27,28)38-19)21(36)12-34-25(37)24-23(29-13-30-24)22(32-34)15-5-7-18-16(9-15)11-31-35(18)14(2)3/h5-11,13-14H,4,12H2,1-3H3,(H,29,30). The Morgan fingerprint density at radius 2 is 1.95 bits per heavy atom. The maximum Gasteiger partial charge on any atom is 0.586 e. The lowest BCUT2D eigenvalue weighted by Crippen LogP contribution is -2.37. The van der Waals surface area contributed by atoms with Crippen LogP contribution in [0.3, 0.4) is 0 Å². The quantitative estimate of drug-likeness (QED) is 0.348. The summed E-state index contributed by atoms with van der Waals surface area (Å²) < 4.78 is 38.8. The van der Waals surface area contributed by atoms with Crippen LogP contribution in [0.25, 0.3) is 33.2 Å². The number of rotatable bonds is 6. The molecule has 2 aromatic carbocycles. The first-order valence-electron chi connectivity index (χ1n) is 12.3. The maximum atomic E-state index is 13.5. The lowest BCUT2D eigenvalue weighted by atomic mass is 10.1. The van der Waals surface area contributed by atoms with Gasteiger partial charge in [0.15, 0.2) is 17.0 Å². The van der Waals surface area contributed by atoms with Crippen molar-refractivity contribution in [3.05, 3.63) is 59.3 Å². The molecule has 0 saturated heterocycles. The number of halogens is 2. The number of anilines is 1. The second-order valence-corrected chi connectivity index (χ2v) is 9.33. The number of nitrogens with zero attached hydrogens (tertiary/aromatic N) is 6. The van der Waals surface area contributed by atoms with Gasteiger partial charge in [0, 0.05) is 35.3 Å². The highest BCUT2D eigenvalue weighted by Gasteiger charge is 2.43. The summed E-state index contributed by atoms with van der Waals surface area (Å²) in [4.78, 5) is 35.0. The molecule has 1 N–H and O–H groups in total. The normalized spacial score (nSPS) is 14.0. The lowest BCUT2D eigenvalue weighted by Gasteiger charge is -2.21. The van der Waals surface area contributed by atoms with Gasteiger partial charge in [-0.25, -0.2) is 9.67 Å². The molecule has 3 aromatic heterocycles. The summed E-state index contributed by atoms with van der Waals surface area (Å²) >= 11 is 0.